The molecule has 0 fully saturated rings. The minimum Gasteiger partial charge on any atom is -0.444 e. The lowest BCUT2D eigenvalue weighted by atomic mass is 10.2. The molecule has 0 saturated carbocycles. The van der Waals surface area contributed by atoms with Gasteiger partial charge in [0.2, 0.25) is 0 Å². The number of rotatable bonds is 8. The van der Waals surface area contributed by atoms with Crippen molar-refractivity contribution in [1.29, 1.82) is 0 Å². The van der Waals surface area contributed by atoms with Crippen LogP contribution in [0.25, 0.3) is 0 Å². The van der Waals surface area contributed by atoms with Crippen LogP contribution in [-0.4, -0.2) is 40.6 Å². The Morgan fingerprint density at radius 2 is 2.08 bits per heavy atom. The van der Waals surface area contributed by atoms with Crippen LogP contribution in [0.1, 0.15) is 12.0 Å². The highest BCUT2D eigenvalue weighted by Gasteiger charge is 2.09. The maximum absolute atomic E-state index is 11.9. The number of hydrogen-bond acceptors (Lipinski definition) is 6. The van der Waals surface area contributed by atoms with Crippen LogP contribution in [0.5, 0.6) is 0 Å². The Balaban J connectivity index is 1.87. The average Bonchev–Trinajstić information content (AvgIpc) is 2.63. The second kappa shape index (κ2) is 9.55. The van der Waals surface area contributed by atoms with Gasteiger partial charge in [-0.05, 0) is 18.1 Å². The van der Waals surface area contributed by atoms with Crippen molar-refractivity contribution in [2.24, 2.45) is 0 Å². The van der Waals surface area contributed by atoms with Gasteiger partial charge in [0.15, 0.2) is 0 Å². The van der Waals surface area contributed by atoms with E-state index in [1.165, 1.54) is 23.9 Å². The zero-order chi connectivity index (χ0) is 18.1. The normalized spacial score (nSPS) is 11.8. The molecule has 2 N–H and O–H groups in total. The Bertz CT molecular complexity index is 729. The Morgan fingerprint density at radius 1 is 1.32 bits per heavy atom. The fraction of sp³-hybridized carbons (Fsp3) is 0.353. The van der Waals surface area contributed by atoms with Gasteiger partial charge in [-0.2, -0.15) is 4.98 Å². The summed E-state index contributed by atoms with van der Waals surface area (Å²) < 4.78 is 11.5. The highest BCUT2D eigenvalue weighted by atomic mass is 16.5. The van der Waals surface area contributed by atoms with E-state index in [1.807, 2.05) is 30.3 Å². The Hall–Kier alpha value is -2.71. The van der Waals surface area contributed by atoms with Crippen molar-refractivity contribution in [2.75, 3.05) is 19.0 Å². The fourth-order valence-electron chi connectivity index (χ4n) is 2.10. The standard InChI is InChI=1S/C17H21N3O5/c1-24-14(11-21)7-9-20-10-8-15(18-16(20)22)19-17(23)25-12-13-5-3-2-4-6-13/h2-6,8,10,14,21H,7,9,11-12H2,1H3,(H,18,19,22,23). The minimum absolute atomic E-state index is 0.116. The number of aryl methyl sites for hydroxylation is 1. The van der Waals surface area contributed by atoms with Gasteiger partial charge < -0.3 is 14.6 Å². The zero-order valence-corrected chi connectivity index (χ0v) is 13.9. The largest absolute Gasteiger partial charge is 0.444 e. The third-order valence-electron chi connectivity index (χ3n) is 3.55. The Kier molecular flexibility index (Phi) is 7.12. The van der Waals surface area contributed by atoms with Crippen LogP contribution in [0.3, 0.4) is 0 Å². The molecule has 0 spiro atoms. The van der Waals surface area contributed by atoms with Crippen molar-refractivity contribution in [2.45, 2.75) is 25.7 Å². The zero-order valence-electron chi connectivity index (χ0n) is 13.9. The lowest BCUT2D eigenvalue weighted by molar-refractivity contribution is 0.0401. The van der Waals surface area contributed by atoms with Crippen LogP contribution in [-0.2, 0) is 22.6 Å². The van der Waals surface area contributed by atoms with Crippen molar-refractivity contribution >= 4 is 11.9 Å². The predicted molar refractivity (Wildman–Crippen MR) is 91.2 cm³/mol. The van der Waals surface area contributed by atoms with Crippen LogP contribution in [0, 0.1) is 0 Å². The smallest absolute Gasteiger partial charge is 0.413 e. The second-order valence-corrected chi connectivity index (χ2v) is 5.30. The molecular weight excluding hydrogens is 326 g/mol. The number of carbonyl (C=O) groups is 1. The summed E-state index contributed by atoms with van der Waals surface area (Å²) >= 11 is 0. The molecule has 1 aromatic heterocycles. The van der Waals surface area contributed by atoms with Gasteiger partial charge in [-0.3, -0.25) is 9.88 Å². The number of methoxy groups -OCH3 is 1. The minimum atomic E-state index is -0.687. The number of aliphatic hydroxyl groups excluding tert-OH is 1. The first-order valence-electron chi connectivity index (χ1n) is 7.81. The van der Waals surface area contributed by atoms with Gasteiger partial charge >= 0.3 is 11.8 Å². The first kappa shape index (κ1) is 18.6. The average molecular weight is 347 g/mol. The molecule has 1 aromatic carbocycles. The fourth-order valence-corrected chi connectivity index (χ4v) is 2.10. The third-order valence-corrected chi connectivity index (χ3v) is 3.55. The molecule has 1 amide bonds. The van der Waals surface area contributed by atoms with Gasteiger partial charge in [0.05, 0.1) is 12.7 Å². The topological polar surface area (TPSA) is 103 Å². The summed E-state index contributed by atoms with van der Waals surface area (Å²) in [5.41, 5.74) is 0.353. The highest BCUT2D eigenvalue weighted by molar-refractivity contribution is 5.83. The van der Waals surface area contributed by atoms with Gasteiger partial charge in [0, 0.05) is 19.9 Å². The van der Waals surface area contributed by atoms with Gasteiger partial charge in [-0.25, -0.2) is 9.59 Å². The number of carbonyl (C=O) groups excluding carboxylic acids is 1. The first-order valence-corrected chi connectivity index (χ1v) is 7.81. The molecule has 8 heteroatoms. The van der Waals surface area contributed by atoms with E-state index < -0.39 is 11.8 Å². The number of ether oxygens (including phenoxy) is 2. The molecule has 2 rings (SSSR count). The maximum atomic E-state index is 11.9. The molecule has 0 aliphatic heterocycles. The molecular formula is C17H21N3O5. The molecule has 0 bridgehead atoms. The molecule has 1 atom stereocenters. The summed E-state index contributed by atoms with van der Waals surface area (Å²) in [6.07, 6.45) is 0.970. The van der Waals surface area contributed by atoms with E-state index in [4.69, 9.17) is 14.6 Å². The molecule has 1 heterocycles. The summed E-state index contributed by atoms with van der Waals surface area (Å²) in [7, 11) is 1.50. The molecule has 2 aromatic rings. The van der Waals surface area contributed by atoms with Gasteiger partial charge in [-0.15, -0.1) is 0 Å². The van der Waals surface area contributed by atoms with E-state index >= 15 is 0 Å². The van der Waals surface area contributed by atoms with E-state index in [9.17, 15) is 9.59 Å². The number of nitrogens with zero attached hydrogens (tertiary/aromatic N) is 2. The summed E-state index contributed by atoms with van der Waals surface area (Å²) in [5, 5.41) is 11.5. The van der Waals surface area contributed by atoms with Crippen molar-refractivity contribution in [3.63, 3.8) is 0 Å². The maximum Gasteiger partial charge on any atom is 0.413 e. The quantitative estimate of drug-likeness (QED) is 0.748. The summed E-state index contributed by atoms with van der Waals surface area (Å²) in [5.74, 6) is 0.116. The van der Waals surface area contributed by atoms with E-state index in [2.05, 4.69) is 10.3 Å². The lowest BCUT2D eigenvalue weighted by Gasteiger charge is -2.13. The van der Waals surface area contributed by atoms with Gasteiger partial charge in [-0.1, -0.05) is 30.3 Å². The number of amides is 1. The molecule has 0 aliphatic carbocycles. The molecule has 0 aliphatic rings. The SMILES string of the molecule is COC(CO)CCn1ccc(NC(=O)OCc2ccccc2)nc1=O. The molecule has 8 nitrogen and oxygen atoms in total. The molecule has 0 saturated heterocycles. The number of aliphatic hydroxyl groups is 1. The number of benzene rings is 1. The number of nitrogens with one attached hydrogen (secondary N) is 1. The monoisotopic (exact) mass is 347 g/mol. The number of hydrogen-bond donors (Lipinski definition) is 2. The predicted octanol–water partition coefficient (Wildman–Crippen LogP) is 1.39. The van der Waals surface area contributed by atoms with E-state index in [-0.39, 0.29) is 25.1 Å². The Morgan fingerprint density at radius 3 is 2.72 bits per heavy atom. The van der Waals surface area contributed by atoms with Crippen LogP contribution in [0.2, 0.25) is 0 Å². The summed E-state index contributed by atoms with van der Waals surface area (Å²) in [6.45, 7) is 0.360. The summed E-state index contributed by atoms with van der Waals surface area (Å²) in [6, 6.07) is 10.8. The lowest BCUT2D eigenvalue weighted by Crippen LogP contribution is -2.27. The molecule has 25 heavy (non-hydrogen) atoms. The van der Waals surface area contributed by atoms with E-state index in [1.54, 1.807) is 0 Å². The number of anilines is 1. The second-order valence-electron chi connectivity index (χ2n) is 5.30. The molecule has 0 radical (unpaired) electrons. The molecule has 134 valence electrons. The Labute approximate surface area is 145 Å². The van der Waals surface area contributed by atoms with E-state index in [0.29, 0.717) is 13.0 Å². The van der Waals surface area contributed by atoms with Crippen LogP contribution < -0.4 is 11.0 Å². The van der Waals surface area contributed by atoms with Crippen molar-refractivity contribution < 1.29 is 19.4 Å². The van der Waals surface area contributed by atoms with Gasteiger partial charge in [0.25, 0.3) is 0 Å². The van der Waals surface area contributed by atoms with Crippen LogP contribution in [0.15, 0.2) is 47.4 Å². The van der Waals surface area contributed by atoms with Crippen molar-refractivity contribution in [1.82, 2.24) is 9.55 Å². The van der Waals surface area contributed by atoms with Gasteiger partial charge in [0.1, 0.15) is 12.4 Å². The number of aromatic nitrogens is 2. The molecule has 1 unspecified atom stereocenters. The summed E-state index contributed by atoms with van der Waals surface area (Å²) in [4.78, 5) is 27.5. The van der Waals surface area contributed by atoms with E-state index in [0.717, 1.165) is 5.56 Å². The van der Waals surface area contributed by atoms with Crippen LogP contribution >= 0.6 is 0 Å². The third kappa shape index (κ3) is 6.02. The highest BCUT2D eigenvalue weighted by Crippen LogP contribution is 2.04. The van der Waals surface area contributed by atoms with Crippen LogP contribution in [0.4, 0.5) is 10.6 Å². The van der Waals surface area contributed by atoms with Crippen molar-refractivity contribution in [3.05, 3.63) is 58.6 Å². The van der Waals surface area contributed by atoms with Crippen molar-refractivity contribution in [3.8, 4) is 0 Å². The first-order chi connectivity index (χ1) is 12.1.